The highest BCUT2D eigenvalue weighted by molar-refractivity contribution is 6.36. The molecule has 4 nitrogen and oxygen atoms in total. The third-order valence-corrected chi connectivity index (χ3v) is 6.25. The highest BCUT2D eigenvalue weighted by atomic mass is 35.5. The maximum Gasteiger partial charge on any atom is 0.256 e. The van der Waals surface area contributed by atoms with Crippen LogP contribution in [-0.4, -0.2) is 52.9 Å². The Labute approximate surface area is 160 Å². The van der Waals surface area contributed by atoms with Crippen LogP contribution < -0.4 is 0 Å². The molecule has 0 atom stereocenters. The molecule has 0 unspecified atom stereocenters. The Morgan fingerprint density at radius 1 is 1.08 bits per heavy atom. The molecule has 2 aromatic rings. The number of hydrogen-bond donors (Lipinski definition) is 0. The average molecular weight is 372 g/mol. The highest BCUT2D eigenvalue weighted by Crippen LogP contribution is 2.29. The minimum absolute atomic E-state index is 0.0851. The van der Waals surface area contributed by atoms with Gasteiger partial charge in [-0.05, 0) is 69.5 Å². The molecule has 1 aromatic heterocycles. The van der Waals surface area contributed by atoms with Crippen molar-refractivity contribution in [2.45, 2.75) is 45.1 Å². The lowest BCUT2D eigenvalue weighted by Crippen LogP contribution is -2.48. The van der Waals surface area contributed by atoms with Crippen molar-refractivity contribution in [2.24, 2.45) is 0 Å². The van der Waals surface area contributed by atoms with Crippen molar-refractivity contribution >= 4 is 28.4 Å². The molecule has 2 aliphatic heterocycles. The quantitative estimate of drug-likeness (QED) is 0.790. The number of carbonyl (C=O) groups is 1. The van der Waals surface area contributed by atoms with Crippen molar-refractivity contribution in [2.75, 3.05) is 26.2 Å². The van der Waals surface area contributed by atoms with Gasteiger partial charge in [0.15, 0.2) is 0 Å². The van der Waals surface area contributed by atoms with E-state index in [0.717, 1.165) is 42.4 Å². The number of amides is 1. The number of rotatable bonds is 2. The van der Waals surface area contributed by atoms with E-state index in [2.05, 4.69) is 9.88 Å². The minimum Gasteiger partial charge on any atom is -0.338 e. The van der Waals surface area contributed by atoms with E-state index in [1.807, 2.05) is 30.0 Å². The van der Waals surface area contributed by atoms with Crippen LogP contribution in [0.5, 0.6) is 0 Å². The number of nitrogens with zero attached hydrogens (tertiary/aromatic N) is 3. The number of aromatic nitrogens is 1. The second-order valence-electron chi connectivity index (χ2n) is 7.57. The Morgan fingerprint density at radius 3 is 2.54 bits per heavy atom. The van der Waals surface area contributed by atoms with E-state index in [9.17, 15) is 4.79 Å². The van der Waals surface area contributed by atoms with Gasteiger partial charge in [0.1, 0.15) is 0 Å². The number of fused-ring (bicyclic) bond motifs is 1. The Kier molecular flexibility index (Phi) is 5.14. The van der Waals surface area contributed by atoms with E-state index in [0.29, 0.717) is 16.6 Å². The molecule has 2 fully saturated rings. The number of halogens is 1. The first-order chi connectivity index (χ1) is 12.6. The lowest BCUT2D eigenvalue weighted by Gasteiger charge is -2.40. The predicted molar refractivity (Wildman–Crippen MR) is 106 cm³/mol. The molecule has 0 spiro atoms. The van der Waals surface area contributed by atoms with Gasteiger partial charge >= 0.3 is 0 Å². The zero-order valence-corrected chi connectivity index (χ0v) is 16.1. The topological polar surface area (TPSA) is 36.4 Å². The number of likely N-dealkylation sites (tertiary alicyclic amines) is 2. The van der Waals surface area contributed by atoms with E-state index in [1.165, 1.54) is 32.4 Å². The van der Waals surface area contributed by atoms with Gasteiger partial charge in [0, 0.05) is 30.7 Å². The van der Waals surface area contributed by atoms with Crippen LogP contribution in [-0.2, 0) is 0 Å². The first-order valence-electron chi connectivity index (χ1n) is 9.72. The van der Waals surface area contributed by atoms with Crippen molar-refractivity contribution in [1.29, 1.82) is 0 Å². The molecule has 3 heterocycles. The fourth-order valence-corrected chi connectivity index (χ4v) is 4.74. The lowest BCUT2D eigenvalue weighted by molar-refractivity contribution is 0.0591. The van der Waals surface area contributed by atoms with Crippen LogP contribution >= 0.6 is 11.6 Å². The summed E-state index contributed by atoms with van der Waals surface area (Å²) in [5.74, 6) is 0.0851. The molecular weight excluding hydrogens is 346 g/mol. The van der Waals surface area contributed by atoms with Crippen molar-refractivity contribution in [3.63, 3.8) is 0 Å². The number of benzene rings is 1. The third-order valence-electron chi connectivity index (χ3n) is 5.94. The van der Waals surface area contributed by atoms with E-state index in [-0.39, 0.29) is 5.91 Å². The molecule has 26 heavy (non-hydrogen) atoms. The Morgan fingerprint density at radius 2 is 1.81 bits per heavy atom. The first kappa shape index (κ1) is 17.7. The van der Waals surface area contributed by atoms with Gasteiger partial charge in [-0.3, -0.25) is 9.78 Å². The second kappa shape index (κ2) is 7.53. The van der Waals surface area contributed by atoms with Gasteiger partial charge in [-0.1, -0.05) is 18.0 Å². The fourth-order valence-electron chi connectivity index (χ4n) is 4.44. The number of aryl methyl sites for hydroxylation is 1. The van der Waals surface area contributed by atoms with Crippen molar-refractivity contribution in [3.8, 4) is 0 Å². The molecule has 4 rings (SSSR count). The maximum absolute atomic E-state index is 13.1. The van der Waals surface area contributed by atoms with Gasteiger partial charge < -0.3 is 9.80 Å². The molecule has 138 valence electrons. The minimum atomic E-state index is 0.0851. The Balaban J connectivity index is 1.51. The van der Waals surface area contributed by atoms with E-state index in [4.69, 9.17) is 11.6 Å². The van der Waals surface area contributed by atoms with Gasteiger partial charge in [-0.2, -0.15) is 0 Å². The molecular formula is C21H26ClN3O. The number of carbonyl (C=O) groups excluding carboxylic acids is 1. The first-order valence-corrected chi connectivity index (χ1v) is 10.1. The van der Waals surface area contributed by atoms with Crippen LogP contribution in [0.1, 0.15) is 48.0 Å². The van der Waals surface area contributed by atoms with E-state index in [1.54, 1.807) is 6.20 Å². The summed E-state index contributed by atoms with van der Waals surface area (Å²) in [4.78, 5) is 22.2. The summed E-state index contributed by atoms with van der Waals surface area (Å²) in [5.41, 5.74) is 2.45. The summed E-state index contributed by atoms with van der Waals surface area (Å²) >= 11 is 6.36. The van der Waals surface area contributed by atoms with Gasteiger partial charge in [-0.25, -0.2) is 0 Å². The number of piperidine rings is 2. The average Bonchev–Trinajstić information content (AvgIpc) is 2.69. The molecule has 0 aliphatic carbocycles. The smallest absolute Gasteiger partial charge is 0.256 e. The number of hydrogen-bond acceptors (Lipinski definition) is 3. The van der Waals surface area contributed by atoms with Crippen molar-refractivity contribution in [3.05, 3.63) is 40.5 Å². The maximum atomic E-state index is 13.1. The van der Waals surface area contributed by atoms with E-state index < -0.39 is 0 Å². The van der Waals surface area contributed by atoms with Crippen LogP contribution in [0.3, 0.4) is 0 Å². The predicted octanol–water partition coefficient (Wildman–Crippen LogP) is 4.29. The molecule has 5 heteroatoms. The van der Waals surface area contributed by atoms with Gasteiger partial charge in [-0.15, -0.1) is 0 Å². The van der Waals surface area contributed by atoms with E-state index >= 15 is 0 Å². The van der Waals surface area contributed by atoms with Crippen LogP contribution in [0, 0.1) is 6.92 Å². The molecule has 0 N–H and O–H groups in total. The normalized spacial score (nSPS) is 19.8. The van der Waals surface area contributed by atoms with Crippen LogP contribution in [0.2, 0.25) is 5.02 Å². The molecule has 2 saturated heterocycles. The summed E-state index contributed by atoms with van der Waals surface area (Å²) in [5, 5.41) is 1.55. The van der Waals surface area contributed by atoms with Gasteiger partial charge in [0.2, 0.25) is 0 Å². The molecule has 0 bridgehead atoms. The van der Waals surface area contributed by atoms with Crippen molar-refractivity contribution < 1.29 is 4.79 Å². The van der Waals surface area contributed by atoms with Gasteiger partial charge in [0.05, 0.1) is 16.1 Å². The lowest BCUT2D eigenvalue weighted by atomic mass is 9.98. The summed E-state index contributed by atoms with van der Waals surface area (Å²) < 4.78 is 0. The molecule has 0 radical (unpaired) electrons. The molecule has 0 saturated carbocycles. The largest absolute Gasteiger partial charge is 0.338 e. The SMILES string of the molecule is Cc1ccnc2c(C(=O)N3CCC(N4CCCCC4)CC3)ccc(Cl)c12. The molecule has 2 aliphatic rings. The van der Waals surface area contributed by atoms with Crippen LogP contribution in [0.15, 0.2) is 24.4 Å². The zero-order chi connectivity index (χ0) is 18.1. The summed E-state index contributed by atoms with van der Waals surface area (Å²) in [6.45, 7) is 6.12. The molecule has 1 aromatic carbocycles. The summed E-state index contributed by atoms with van der Waals surface area (Å²) in [6, 6.07) is 6.23. The summed E-state index contributed by atoms with van der Waals surface area (Å²) in [6.07, 6.45) is 7.91. The standard InChI is InChI=1S/C21H26ClN3O/c1-15-7-10-23-20-17(5-6-18(22)19(15)20)21(26)25-13-8-16(9-14-25)24-11-3-2-4-12-24/h5-7,10,16H,2-4,8-9,11-14H2,1H3. The zero-order valence-electron chi connectivity index (χ0n) is 15.4. The number of pyridine rings is 1. The highest BCUT2D eigenvalue weighted by Gasteiger charge is 2.29. The fraction of sp³-hybridized carbons (Fsp3) is 0.524. The van der Waals surface area contributed by atoms with Crippen molar-refractivity contribution in [1.82, 2.24) is 14.8 Å². The third kappa shape index (κ3) is 3.33. The van der Waals surface area contributed by atoms with Crippen LogP contribution in [0.25, 0.3) is 10.9 Å². The Hall–Kier alpha value is -1.65. The van der Waals surface area contributed by atoms with Crippen LogP contribution in [0.4, 0.5) is 0 Å². The van der Waals surface area contributed by atoms with Gasteiger partial charge in [0.25, 0.3) is 5.91 Å². The second-order valence-corrected chi connectivity index (χ2v) is 7.97. The summed E-state index contributed by atoms with van der Waals surface area (Å²) in [7, 11) is 0. The Bertz CT molecular complexity index is 800. The monoisotopic (exact) mass is 371 g/mol. The molecule has 1 amide bonds.